The number of carbonyl (C=O) groups excluding carboxylic acids is 1. The van der Waals surface area contributed by atoms with Gasteiger partial charge < -0.3 is 15.4 Å². The average Bonchev–Trinajstić information content (AvgIpc) is 2.65. The maximum Gasteiger partial charge on any atom is 0.315 e. The third-order valence-corrected chi connectivity index (χ3v) is 5.34. The zero-order valence-corrected chi connectivity index (χ0v) is 15.3. The second-order valence-corrected chi connectivity index (χ2v) is 7.26. The highest BCUT2D eigenvalue weighted by Gasteiger charge is 2.23. The fourth-order valence-corrected chi connectivity index (χ4v) is 3.81. The fraction of sp³-hybridized carbons (Fsp3) is 0.650. The van der Waals surface area contributed by atoms with Crippen molar-refractivity contribution in [1.82, 2.24) is 15.5 Å². The summed E-state index contributed by atoms with van der Waals surface area (Å²) in [5.74, 6) is 0. The number of morpholine rings is 1. The SMILES string of the molecule is Cc1ccc(C(CNC(=O)NC2CCCCC2)N2CCOCC2)cc1. The van der Waals surface area contributed by atoms with Crippen molar-refractivity contribution in [1.29, 1.82) is 0 Å². The minimum atomic E-state index is -0.0303. The molecule has 1 saturated heterocycles. The maximum absolute atomic E-state index is 12.3. The average molecular weight is 345 g/mol. The summed E-state index contributed by atoms with van der Waals surface area (Å²) in [4.78, 5) is 14.7. The van der Waals surface area contributed by atoms with Crippen LogP contribution in [-0.4, -0.2) is 49.8 Å². The van der Waals surface area contributed by atoms with Crippen LogP contribution in [0.15, 0.2) is 24.3 Å². The summed E-state index contributed by atoms with van der Waals surface area (Å²) in [7, 11) is 0. The van der Waals surface area contributed by atoms with Gasteiger partial charge in [0.25, 0.3) is 0 Å². The largest absolute Gasteiger partial charge is 0.379 e. The van der Waals surface area contributed by atoms with Gasteiger partial charge in [0.2, 0.25) is 0 Å². The number of benzene rings is 1. The van der Waals surface area contributed by atoms with Gasteiger partial charge in [-0.2, -0.15) is 0 Å². The van der Waals surface area contributed by atoms with Crippen molar-refractivity contribution in [3.63, 3.8) is 0 Å². The molecule has 138 valence electrons. The molecular weight excluding hydrogens is 314 g/mol. The van der Waals surface area contributed by atoms with E-state index in [1.165, 1.54) is 30.4 Å². The van der Waals surface area contributed by atoms with Crippen LogP contribution < -0.4 is 10.6 Å². The zero-order chi connectivity index (χ0) is 17.5. The number of aryl methyl sites for hydroxylation is 1. The van der Waals surface area contributed by atoms with Crippen LogP contribution >= 0.6 is 0 Å². The highest BCUT2D eigenvalue weighted by Crippen LogP contribution is 2.22. The highest BCUT2D eigenvalue weighted by molar-refractivity contribution is 5.74. The predicted octanol–water partition coefficient (Wildman–Crippen LogP) is 3.00. The van der Waals surface area contributed by atoms with E-state index < -0.39 is 0 Å². The molecule has 5 heteroatoms. The lowest BCUT2D eigenvalue weighted by Crippen LogP contribution is -2.47. The Labute approximate surface area is 151 Å². The minimum Gasteiger partial charge on any atom is -0.379 e. The van der Waals surface area contributed by atoms with E-state index in [0.717, 1.165) is 39.1 Å². The van der Waals surface area contributed by atoms with Crippen LogP contribution in [0.1, 0.15) is 49.3 Å². The van der Waals surface area contributed by atoms with Crippen LogP contribution in [0.3, 0.4) is 0 Å². The van der Waals surface area contributed by atoms with E-state index >= 15 is 0 Å². The van der Waals surface area contributed by atoms with Crippen LogP contribution in [-0.2, 0) is 4.74 Å². The van der Waals surface area contributed by atoms with Gasteiger partial charge in [0, 0.05) is 25.7 Å². The molecule has 1 aromatic rings. The van der Waals surface area contributed by atoms with E-state index in [4.69, 9.17) is 4.74 Å². The van der Waals surface area contributed by atoms with E-state index in [0.29, 0.717) is 12.6 Å². The number of hydrogen-bond donors (Lipinski definition) is 2. The van der Waals surface area contributed by atoms with Crippen LogP contribution in [0, 0.1) is 6.92 Å². The number of urea groups is 1. The molecule has 0 spiro atoms. The first-order valence-electron chi connectivity index (χ1n) is 9.65. The molecule has 1 heterocycles. The number of ether oxygens (including phenoxy) is 1. The van der Waals surface area contributed by atoms with Crippen LogP contribution in [0.5, 0.6) is 0 Å². The van der Waals surface area contributed by atoms with Gasteiger partial charge in [-0.3, -0.25) is 4.90 Å². The fourth-order valence-electron chi connectivity index (χ4n) is 3.81. The Morgan fingerprint density at radius 1 is 1.16 bits per heavy atom. The number of carbonyl (C=O) groups is 1. The number of amides is 2. The zero-order valence-electron chi connectivity index (χ0n) is 15.3. The Morgan fingerprint density at radius 3 is 2.52 bits per heavy atom. The summed E-state index contributed by atoms with van der Waals surface area (Å²) in [6, 6.07) is 9.15. The van der Waals surface area contributed by atoms with Gasteiger partial charge in [0.15, 0.2) is 0 Å². The quantitative estimate of drug-likeness (QED) is 0.862. The van der Waals surface area contributed by atoms with E-state index in [2.05, 4.69) is 46.7 Å². The number of hydrogen-bond acceptors (Lipinski definition) is 3. The van der Waals surface area contributed by atoms with Crippen LogP contribution in [0.4, 0.5) is 4.79 Å². The van der Waals surface area contributed by atoms with Gasteiger partial charge in [0.1, 0.15) is 0 Å². The molecule has 0 aromatic heterocycles. The Morgan fingerprint density at radius 2 is 1.84 bits per heavy atom. The van der Waals surface area contributed by atoms with E-state index in [1.807, 2.05) is 0 Å². The lowest BCUT2D eigenvalue weighted by molar-refractivity contribution is 0.0167. The molecule has 1 aliphatic heterocycles. The Bertz CT molecular complexity index is 534. The standard InChI is InChI=1S/C20H31N3O2/c1-16-7-9-17(10-8-16)19(23-11-13-25-14-12-23)15-21-20(24)22-18-5-3-2-4-6-18/h7-10,18-19H,2-6,11-15H2,1H3,(H2,21,22,24). The van der Waals surface area contributed by atoms with Gasteiger partial charge in [-0.1, -0.05) is 49.1 Å². The van der Waals surface area contributed by atoms with Crippen molar-refractivity contribution >= 4 is 6.03 Å². The number of nitrogens with zero attached hydrogens (tertiary/aromatic N) is 1. The molecule has 0 bridgehead atoms. The van der Waals surface area contributed by atoms with E-state index in [-0.39, 0.29) is 12.1 Å². The van der Waals surface area contributed by atoms with Crippen molar-refractivity contribution in [2.45, 2.75) is 51.1 Å². The molecule has 2 aliphatic rings. The minimum absolute atomic E-state index is 0.0303. The topological polar surface area (TPSA) is 53.6 Å². The van der Waals surface area contributed by atoms with Crippen molar-refractivity contribution in [3.8, 4) is 0 Å². The molecule has 1 aliphatic carbocycles. The molecule has 5 nitrogen and oxygen atoms in total. The third-order valence-electron chi connectivity index (χ3n) is 5.34. The predicted molar refractivity (Wildman–Crippen MR) is 99.7 cm³/mol. The number of nitrogens with one attached hydrogen (secondary N) is 2. The van der Waals surface area contributed by atoms with Crippen molar-refractivity contribution < 1.29 is 9.53 Å². The first-order valence-corrected chi connectivity index (χ1v) is 9.65. The monoisotopic (exact) mass is 345 g/mol. The molecule has 1 saturated carbocycles. The molecule has 2 amide bonds. The molecule has 1 aromatic carbocycles. The van der Waals surface area contributed by atoms with Crippen molar-refractivity contribution in [2.75, 3.05) is 32.8 Å². The first kappa shape index (κ1) is 18.2. The third kappa shape index (κ3) is 5.44. The lowest BCUT2D eigenvalue weighted by Gasteiger charge is -2.35. The molecule has 2 N–H and O–H groups in total. The molecule has 0 radical (unpaired) electrons. The summed E-state index contributed by atoms with van der Waals surface area (Å²) in [6.45, 7) is 6.06. The summed E-state index contributed by atoms with van der Waals surface area (Å²) in [5, 5.41) is 6.25. The maximum atomic E-state index is 12.3. The Kier molecular flexibility index (Phi) is 6.70. The first-order chi connectivity index (χ1) is 12.2. The van der Waals surface area contributed by atoms with Crippen LogP contribution in [0.2, 0.25) is 0 Å². The summed E-state index contributed by atoms with van der Waals surface area (Å²) >= 11 is 0. The van der Waals surface area contributed by atoms with Gasteiger partial charge in [-0.15, -0.1) is 0 Å². The number of rotatable bonds is 5. The van der Waals surface area contributed by atoms with E-state index in [1.54, 1.807) is 0 Å². The van der Waals surface area contributed by atoms with Gasteiger partial charge in [0.05, 0.1) is 19.3 Å². The van der Waals surface area contributed by atoms with Gasteiger partial charge in [-0.05, 0) is 25.3 Å². The smallest absolute Gasteiger partial charge is 0.315 e. The van der Waals surface area contributed by atoms with Gasteiger partial charge in [-0.25, -0.2) is 4.79 Å². The Hall–Kier alpha value is -1.59. The normalized spacial score (nSPS) is 20.8. The molecule has 1 atom stereocenters. The van der Waals surface area contributed by atoms with Crippen molar-refractivity contribution in [3.05, 3.63) is 35.4 Å². The Balaban J connectivity index is 1.58. The molecule has 3 rings (SSSR count). The highest BCUT2D eigenvalue weighted by atomic mass is 16.5. The van der Waals surface area contributed by atoms with Crippen LogP contribution in [0.25, 0.3) is 0 Å². The summed E-state index contributed by atoms with van der Waals surface area (Å²) in [5.41, 5.74) is 2.51. The molecule has 25 heavy (non-hydrogen) atoms. The van der Waals surface area contributed by atoms with Crippen molar-refractivity contribution in [2.24, 2.45) is 0 Å². The summed E-state index contributed by atoms with van der Waals surface area (Å²) in [6.07, 6.45) is 5.97. The second kappa shape index (κ2) is 9.20. The lowest BCUT2D eigenvalue weighted by atomic mass is 9.96. The van der Waals surface area contributed by atoms with Gasteiger partial charge >= 0.3 is 6.03 Å². The second-order valence-electron chi connectivity index (χ2n) is 7.26. The van der Waals surface area contributed by atoms with E-state index in [9.17, 15) is 4.79 Å². The molecular formula is C20H31N3O2. The summed E-state index contributed by atoms with van der Waals surface area (Å²) < 4.78 is 5.49. The molecule has 2 fully saturated rings. The molecule has 1 unspecified atom stereocenters.